The Labute approximate surface area is 430 Å². The van der Waals surface area contributed by atoms with Gasteiger partial charge in [0.05, 0.1) is 50.0 Å². The van der Waals surface area contributed by atoms with Gasteiger partial charge in [-0.2, -0.15) is 0 Å². The van der Waals surface area contributed by atoms with Crippen LogP contribution in [0.2, 0.25) is 0 Å². The molecule has 0 amide bonds. The molecule has 424 valence electrons. The van der Waals surface area contributed by atoms with Crippen molar-refractivity contribution in [1.29, 1.82) is 0 Å². The molecule has 23 heteroatoms. The molecule has 4 saturated heterocycles. The third-order valence-corrected chi connectivity index (χ3v) is 19.1. The van der Waals surface area contributed by atoms with Crippen LogP contribution in [0.3, 0.4) is 0 Å². The highest BCUT2D eigenvalue weighted by Gasteiger charge is 2.71. The normalized spacial score (nSPS) is 52.9. The van der Waals surface area contributed by atoms with Crippen LogP contribution in [0.5, 0.6) is 0 Å². The van der Waals surface area contributed by atoms with E-state index in [4.69, 9.17) is 42.6 Å². The van der Waals surface area contributed by atoms with E-state index >= 15 is 0 Å². The van der Waals surface area contributed by atoms with Gasteiger partial charge in [-0.25, -0.2) is 0 Å². The summed E-state index contributed by atoms with van der Waals surface area (Å²) in [4.78, 5) is 0. The molecule has 0 bridgehead atoms. The van der Waals surface area contributed by atoms with Gasteiger partial charge in [0.2, 0.25) is 0 Å². The van der Waals surface area contributed by atoms with E-state index in [1.165, 1.54) is 6.92 Å². The van der Waals surface area contributed by atoms with E-state index in [0.717, 1.165) is 29.7 Å². The Kier molecular flexibility index (Phi) is 17.1. The fourth-order valence-corrected chi connectivity index (χ4v) is 14.5. The fourth-order valence-electron chi connectivity index (χ4n) is 14.5. The predicted molar refractivity (Wildman–Crippen MR) is 250 cm³/mol. The molecule has 4 aliphatic carbocycles. The number of hydrogen-bond donors (Lipinski definition) is 14. The van der Waals surface area contributed by atoms with Crippen LogP contribution < -0.4 is 0 Å². The van der Waals surface area contributed by atoms with Crippen LogP contribution in [0.4, 0.5) is 0 Å². The standard InChI is InChI=1S/C51H82O23/c1-20(19-66-45-40(62)38(60)34(56)29(16-52)70-45)6-9-27-21(2)32-28(69-27)15-51(65)26-8-7-23-14-24(10-12-49(23,4)25(26)11-13-50(32,51)5)68-48-44(74-46-41(63)37(59)33(55)22(3)67-46)43(36(58)31(18-54)72-48)73-47-42(64)39(61)35(57)30(17-53)71-47/h7,20,22,24-26,28-48,52-65H,6,8-19H2,1-5H3. The maximum Gasteiger partial charge on any atom is 0.187 e. The van der Waals surface area contributed by atoms with Crippen LogP contribution >= 0.6 is 0 Å². The zero-order valence-electron chi connectivity index (χ0n) is 42.7. The van der Waals surface area contributed by atoms with Crippen LogP contribution in [0.1, 0.15) is 92.4 Å². The number of hydrogen-bond acceptors (Lipinski definition) is 23. The molecule has 3 saturated carbocycles. The minimum atomic E-state index is -1.89. The highest BCUT2D eigenvalue weighted by molar-refractivity contribution is 5.34. The largest absolute Gasteiger partial charge is 0.494 e. The van der Waals surface area contributed by atoms with Crippen molar-refractivity contribution >= 4 is 0 Å². The van der Waals surface area contributed by atoms with Crippen molar-refractivity contribution in [3.8, 4) is 0 Å². The Bertz CT molecular complexity index is 1990. The van der Waals surface area contributed by atoms with Gasteiger partial charge in [-0.05, 0) is 87.5 Å². The molecule has 7 fully saturated rings. The molecule has 14 N–H and O–H groups in total. The Balaban J connectivity index is 0.881. The molecule has 5 aliphatic heterocycles. The van der Waals surface area contributed by atoms with Crippen molar-refractivity contribution in [2.45, 2.75) is 233 Å². The van der Waals surface area contributed by atoms with Crippen LogP contribution in [0, 0.1) is 34.5 Å². The number of aliphatic hydroxyl groups excluding tert-OH is 13. The van der Waals surface area contributed by atoms with Gasteiger partial charge in [0.15, 0.2) is 25.2 Å². The maximum atomic E-state index is 13.1. The summed E-state index contributed by atoms with van der Waals surface area (Å²) < 4.78 is 54.7. The monoisotopic (exact) mass is 1060 g/mol. The van der Waals surface area contributed by atoms with E-state index in [1.807, 2.05) is 6.92 Å². The van der Waals surface area contributed by atoms with E-state index in [1.54, 1.807) is 0 Å². The molecular formula is C51H82O23. The van der Waals surface area contributed by atoms with Crippen LogP contribution in [0.15, 0.2) is 23.0 Å². The van der Waals surface area contributed by atoms with Gasteiger partial charge < -0.3 is 114 Å². The molecule has 0 aromatic carbocycles. The molecule has 29 atom stereocenters. The van der Waals surface area contributed by atoms with E-state index in [-0.39, 0.29) is 41.8 Å². The molecule has 9 rings (SSSR count). The van der Waals surface area contributed by atoms with Crippen LogP contribution in [-0.4, -0.2) is 239 Å². The average molecular weight is 1060 g/mol. The molecule has 9 aliphatic rings. The lowest BCUT2D eigenvalue weighted by Crippen LogP contribution is -2.67. The molecule has 29 unspecified atom stereocenters. The number of fused-ring (bicyclic) bond motifs is 7. The third-order valence-electron chi connectivity index (χ3n) is 19.1. The SMILES string of the molecule is CC1=C(CCC(C)COC2OC(CO)C(O)C(O)C2O)OC2CC3(O)C4CC=C5CC(OC6OC(CO)C(O)C(OC7OC(CO)C(O)C(O)C7O)C6OC6OC(C)C(O)C(O)C6O)CCC5(C)C4CCC3(C)C12. The zero-order valence-corrected chi connectivity index (χ0v) is 42.7. The lowest BCUT2D eigenvalue weighted by atomic mass is 9.45. The van der Waals surface area contributed by atoms with E-state index in [2.05, 4.69) is 26.8 Å². The summed E-state index contributed by atoms with van der Waals surface area (Å²) in [6, 6.07) is 0. The first-order valence-corrected chi connectivity index (χ1v) is 26.6. The summed E-state index contributed by atoms with van der Waals surface area (Å²) in [5, 5.41) is 149. The summed E-state index contributed by atoms with van der Waals surface area (Å²) in [5.41, 5.74) is 0.505. The van der Waals surface area contributed by atoms with Gasteiger partial charge in [-0.15, -0.1) is 0 Å². The Hall–Kier alpha value is -1.60. The quantitative estimate of drug-likeness (QED) is 0.0730. The van der Waals surface area contributed by atoms with Gasteiger partial charge >= 0.3 is 0 Å². The van der Waals surface area contributed by atoms with Crippen molar-refractivity contribution in [3.05, 3.63) is 23.0 Å². The van der Waals surface area contributed by atoms with Gasteiger partial charge in [0.1, 0.15) is 97.7 Å². The first-order valence-electron chi connectivity index (χ1n) is 26.6. The summed E-state index contributed by atoms with van der Waals surface area (Å²) in [6.45, 7) is 8.18. The number of rotatable bonds is 15. The van der Waals surface area contributed by atoms with Gasteiger partial charge in [-0.3, -0.25) is 0 Å². The first-order chi connectivity index (χ1) is 35.0. The van der Waals surface area contributed by atoms with Crippen molar-refractivity contribution in [1.82, 2.24) is 0 Å². The van der Waals surface area contributed by atoms with Crippen LogP contribution in [-0.2, 0) is 42.6 Å². The zero-order chi connectivity index (χ0) is 53.5. The second-order valence-electron chi connectivity index (χ2n) is 23.4. The van der Waals surface area contributed by atoms with Gasteiger partial charge in [0, 0.05) is 24.2 Å². The summed E-state index contributed by atoms with van der Waals surface area (Å²) >= 11 is 0. The molecule has 0 spiro atoms. The Morgan fingerprint density at radius 2 is 1.22 bits per heavy atom. The Morgan fingerprint density at radius 1 is 0.649 bits per heavy atom. The number of allylic oxidation sites excluding steroid dienone is 2. The first kappa shape index (κ1) is 57.1. The van der Waals surface area contributed by atoms with Gasteiger partial charge in [0.25, 0.3) is 0 Å². The van der Waals surface area contributed by atoms with Gasteiger partial charge in [-0.1, -0.05) is 32.4 Å². The lowest BCUT2D eigenvalue weighted by Gasteiger charge is -2.61. The molecular weight excluding hydrogens is 981 g/mol. The topological polar surface area (TPSA) is 366 Å². The van der Waals surface area contributed by atoms with Crippen molar-refractivity contribution in [2.75, 3.05) is 26.4 Å². The highest BCUT2D eigenvalue weighted by atomic mass is 16.8. The smallest absolute Gasteiger partial charge is 0.187 e. The summed E-state index contributed by atoms with van der Waals surface area (Å²) in [7, 11) is 0. The molecule has 0 aromatic rings. The van der Waals surface area contributed by atoms with E-state index < -0.39 is 160 Å². The number of ether oxygens (including phenoxy) is 9. The van der Waals surface area contributed by atoms with Crippen molar-refractivity contribution in [3.63, 3.8) is 0 Å². The molecule has 5 heterocycles. The predicted octanol–water partition coefficient (Wildman–Crippen LogP) is -2.94. The van der Waals surface area contributed by atoms with E-state index in [0.29, 0.717) is 44.9 Å². The molecule has 0 radical (unpaired) electrons. The van der Waals surface area contributed by atoms with Crippen LogP contribution in [0.25, 0.3) is 0 Å². The molecule has 0 aromatic heterocycles. The van der Waals surface area contributed by atoms with E-state index in [9.17, 15) is 71.5 Å². The average Bonchev–Trinajstić information content (AvgIpc) is 3.82. The maximum absolute atomic E-state index is 13.1. The third kappa shape index (κ3) is 9.86. The summed E-state index contributed by atoms with van der Waals surface area (Å²) in [5.74, 6) is 1.02. The molecule has 23 nitrogen and oxygen atoms in total. The second kappa shape index (κ2) is 22.1. The molecule has 74 heavy (non-hydrogen) atoms. The highest BCUT2D eigenvalue weighted by Crippen LogP contribution is 2.70. The lowest BCUT2D eigenvalue weighted by molar-refractivity contribution is -0.394. The Morgan fingerprint density at radius 3 is 1.86 bits per heavy atom. The second-order valence-corrected chi connectivity index (χ2v) is 23.4. The van der Waals surface area contributed by atoms with Crippen molar-refractivity contribution < 1.29 is 114 Å². The summed E-state index contributed by atoms with van der Waals surface area (Å²) in [6.07, 6.45) is -23.5. The minimum Gasteiger partial charge on any atom is -0.494 e. The van der Waals surface area contributed by atoms with Crippen molar-refractivity contribution in [2.24, 2.45) is 34.5 Å². The number of aliphatic hydroxyl groups is 14. The fraction of sp³-hybridized carbons (Fsp3) is 0.922. The minimum absolute atomic E-state index is 0.00496.